The van der Waals surface area contributed by atoms with Crippen LogP contribution >= 0.6 is 0 Å². The van der Waals surface area contributed by atoms with Gasteiger partial charge in [-0.1, -0.05) is 12.1 Å². The normalized spacial score (nSPS) is 11.1. The molecule has 0 N–H and O–H groups in total. The molecule has 0 bridgehead atoms. The summed E-state index contributed by atoms with van der Waals surface area (Å²) in [4.78, 5) is -0.465. The summed E-state index contributed by atoms with van der Waals surface area (Å²) in [6, 6.07) is 9.95. The van der Waals surface area contributed by atoms with E-state index < -0.39 is 32.1 Å². The van der Waals surface area contributed by atoms with Crippen LogP contribution in [0.15, 0.2) is 47.4 Å². The van der Waals surface area contributed by atoms with Gasteiger partial charge in [-0.3, -0.25) is 0 Å². The molecular weight excluding hydrogens is 284 g/mol. The van der Waals surface area contributed by atoms with Gasteiger partial charge in [-0.15, -0.1) is 0 Å². The standard InChI is InChI=1S/C14H9F2NO2S/c15-12-6-5-10(8-17)11(7-12)9-20(18,19)14-4-2-1-3-13(14)16/h1-7H,9H2. The number of sulfone groups is 1. The second-order valence-corrected chi connectivity index (χ2v) is 6.06. The van der Waals surface area contributed by atoms with Gasteiger partial charge in [0.2, 0.25) is 0 Å². The monoisotopic (exact) mass is 293 g/mol. The molecule has 6 heteroatoms. The molecule has 0 atom stereocenters. The zero-order valence-electron chi connectivity index (χ0n) is 10.2. The Bertz CT molecular complexity index is 795. The fraction of sp³-hybridized carbons (Fsp3) is 0.0714. The van der Waals surface area contributed by atoms with Crippen LogP contribution in [0.5, 0.6) is 0 Å². The summed E-state index contributed by atoms with van der Waals surface area (Å²) in [7, 11) is -3.99. The molecule has 2 aromatic carbocycles. The van der Waals surface area contributed by atoms with Gasteiger partial charge < -0.3 is 0 Å². The molecule has 0 aliphatic carbocycles. The number of hydrogen-bond acceptors (Lipinski definition) is 3. The average Bonchev–Trinajstić information content (AvgIpc) is 2.39. The van der Waals surface area contributed by atoms with Gasteiger partial charge in [-0.25, -0.2) is 17.2 Å². The lowest BCUT2D eigenvalue weighted by molar-refractivity contribution is 0.566. The number of hydrogen-bond donors (Lipinski definition) is 0. The minimum Gasteiger partial charge on any atom is -0.223 e. The first-order valence-corrected chi connectivity index (χ1v) is 7.25. The Balaban J connectivity index is 2.47. The van der Waals surface area contributed by atoms with E-state index in [2.05, 4.69) is 0 Å². The highest BCUT2D eigenvalue weighted by atomic mass is 32.2. The molecule has 0 saturated heterocycles. The number of rotatable bonds is 3. The van der Waals surface area contributed by atoms with E-state index in [1.54, 1.807) is 6.07 Å². The third-order valence-corrected chi connectivity index (χ3v) is 4.40. The number of benzene rings is 2. The highest BCUT2D eigenvalue weighted by Crippen LogP contribution is 2.21. The molecule has 2 rings (SSSR count). The van der Waals surface area contributed by atoms with Crippen molar-refractivity contribution in [2.24, 2.45) is 0 Å². The van der Waals surface area contributed by atoms with Crippen molar-refractivity contribution in [1.29, 1.82) is 5.26 Å². The number of nitrogens with zero attached hydrogens (tertiary/aromatic N) is 1. The molecule has 0 aromatic heterocycles. The van der Waals surface area contributed by atoms with E-state index in [0.29, 0.717) is 0 Å². The molecule has 0 aliphatic heterocycles. The summed E-state index contributed by atoms with van der Waals surface area (Å²) < 4.78 is 51.0. The van der Waals surface area contributed by atoms with Crippen molar-refractivity contribution >= 4 is 9.84 Å². The van der Waals surface area contributed by atoms with Crippen LogP contribution in [-0.2, 0) is 15.6 Å². The highest BCUT2D eigenvalue weighted by molar-refractivity contribution is 7.90. The molecule has 0 heterocycles. The zero-order chi connectivity index (χ0) is 14.8. The van der Waals surface area contributed by atoms with Crippen LogP contribution in [0.4, 0.5) is 8.78 Å². The Morgan fingerprint density at radius 3 is 2.45 bits per heavy atom. The quantitative estimate of drug-likeness (QED) is 0.874. The van der Waals surface area contributed by atoms with E-state index in [1.807, 2.05) is 0 Å². The molecule has 0 fully saturated rings. The van der Waals surface area contributed by atoms with E-state index >= 15 is 0 Å². The van der Waals surface area contributed by atoms with Crippen molar-refractivity contribution in [2.75, 3.05) is 0 Å². The second kappa shape index (κ2) is 5.39. The number of nitriles is 1. The third kappa shape index (κ3) is 2.83. The molecule has 20 heavy (non-hydrogen) atoms. The van der Waals surface area contributed by atoms with Gasteiger partial charge in [0.15, 0.2) is 9.84 Å². The van der Waals surface area contributed by atoms with Crippen LogP contribution in [0.25, 0.3) is 0 Å². The topological polar surface area (TPSA) is 57.9 Å². The molecular formula is C14H9F2NO2S. The maximum atomic E-state index is 13.5. The van der Waals surface area contributed by atoms with Crippen molar-refractivity contribution in [2.45, 2.75) is 10.6 Å². The maximum Gasteiger partial charge on any atom is 0.185 e. The van der Waals surface area contributed by atoms with Crippen LogP contribution in [-0.4, -0.2) is 8.42 Å². The van der Waals surface area contributed by atoms with Crippen molar-refractivity contribution in [3.8, 4) is 6.07 Å². The van der Waals surface area contributed by atoms with E-state index in [1.165, 1.54) is 18.2 Å². The molecule has 0 amide bonds. The summed E-state index contributed by atoms with van der Waals surface area (Å²) in [6.07, 6.45) is 0. The van der Waals surface area contributed by atoms with Gasteiger partial charge in [-0.2, -0.15) is 5.26 Å². The van der Waals surface area contributed by atoms with Crippen LogP contribution in [0.2, 0.25) is 0 Å². The number of halogens is 2. The van der Waals surface area contributed by atoms with Crippen LogP contribution in [0, 0.1) is 23.0 Å². The van der Waals surface area contributed by atoms with Gasteiger partial charge in [-0.05, 0) is 35.9 Å². The Hall–Kier alpha value is -2.26. The maximum absolute atomic E-state index is 13.5. The van der Waals surface area contributed by atoms with Gasteiger partial charge in [0.05, 0.1) is 17.4 Å². The summed E-state index contributed by atoms with van der Waals surface area (Å²) in [6.45, 7) is 0. The fourth-order valence-corrected chi connectivity index (χ4v) is 3.23. The summed E-state index contributed by atoms with van der Waals surface area (Å²) in [5, 5.41) is 8.89. The summed E-state index contributed by atoms with van der Waals surface area (Å²) in [5.74, 6) is -2.15. The van der Waals surface area contributed by atoms with Crippen LogP contribution in [0.3, 0.4) is 0 Å². The Morgan fingerprint density at radius 2 is 1.80 bits per heavy atom. The molecule has 0 saturated carbocycles. The molecule has 0 radical (unpaired) electrons. The minimum atomic E-state index is -3.99. The predicted octanol–water partition coefficient (Wildman–Crippen LogP) is 2.81. The fourth-order valence-electron chi connectivity index (χ4n) is 1.77. The molecule has 0 aliphatic rings. The molecule has 0 spiro atoms. The van der Waals surface area contributed by atoms with Crippen molar-refractivity contribution < 1.29 is 17.2 Å². The molecule has 102 valence electrons. The largest absolute Gasteiger partial charge is 0.223 e. The van der Waals surface area contributed by atoms with Gasteiger partial charge in [0.25, 0.3) is 0 Å². The first-order chi connectivity index (χ1) is 9.44. The lowest BCUT2D eigenvalue weighted by atomic mass is 10.1. The Kier molecular flexibility index (Phi) is 3.81. The van der Waals surface area contributed by atoms with Gasteiger partial charge >= 0.3 is 0 Å². The van der Waals surface area contributed by atoms with Gasteiger partial charge in [0.1, 0.15) is 16.5 Å². The van der Waals surface area contributed by atoms with Crippen LogP contribution < -0.4 is 0 Å². The first-order valence-electron chi connectivity index (χ1n) is 5.60. The summed E-state index contributed by atoms with van der Waals surface area (Å²) >= 11 is 0. The first kappa shape index (κ1) is 14.2. The Morgan fingerprint density at radius 1 is 1.10 bits per heavy atom. The lowest BCUT2D eigenvalue weighted by Crippen LogP contribution is -2.08. The average molecular weight is 293 g/mol. The molecule has 3 nitrogen and oxygen atoms in total. The lowest BCUT2D eigenvalue weighted by Gasteiger charge is -2.07. The minimum absolute atomic E-state index is 0.00996. The van der Waals surface area contributed by atoms with Gasteiger partial charge in [0, 0.05) is 0 Å². The molecule has 2 aromatic rings. The highest BCUT2D eigenvalue weighted by Gasteiger charge is 2.21. The van der Waals surface area contributed by atoms with E-state index in [0.717, 1.165) is 24.3 Å². The molecule has 0 unspecified atom stereocenters. The Labute approximate surface area is 115 Å². The summed E-state index contributed by atoms with van der Waals surface area (Å²) in [5.41, 5.74) is 0.0575. The van der Waals surface area contributed by atoms with Crippen molar-refractivity contribution in [1.82, 2.24) is 0 Å². The van der Waals surface area contributed by atoms with E-state index in [4.69, 9.17) is 5.26 Å². The van der Waals surface area contributed by atoms with Crippen LogP contribution in [0.1, 0.15) is 11.1 Å². The third-order valence-electron chi connectivity index (χ3n) is 2.70. The van der Waals surface area contributed by atoms with E-state index in [9.17, 15) is 17.2 Å². The zero-order valence-corrected chi connectivity index (χ0v) is 11.0. The second-order valence-electron chi connectivity index (χ2n) is 4.10. The SMILES string of the molecule is N#Cc1ccc(F)cc1CS(=O)(=O)c1ccccc1F. The van der Waals surface area contributed by atoms with E-state index in [-0.39, 0.29) is 11.1 Å². The smallest absolute Gasteiger partial charge is 0.185 e. The van der Waals surface area contributed by atoms with Crippen molar-refractivity contribution in [3.05, 3.63) is 65.2 Å². The van der Waals surface area contributed by atoms with Crippen molar-refractivity contribution in [3.63, 3.8) is 0 Å². The predicted molar refractivity (Wildman–Crippen MR) is 68.4 cm³/mol.